The highest BCUT2D eigenvalue weighted by atomic mass is 32.2. The number of piperidine rings is 1. The van der Waals surface area contributed by atoms with Gasteiger partial charge < -0.3 is 4.90 Å². The lowest BCUT2D eigenvalue weighted by Crippen LogP contribution is -2.30. The number of nitrogens with zero attached hydrogens (tertiary/aromatic N) is 3. The molecule has 1 fully saturated rings. The van der Waals surface area contributed by atoms with Gasteiger partial charge in [0.25, 0.3) is 0 Å². The van der Waals surface area contributed by atoms with Crippen molar-refractivity contribution in [1.29, 1.82) is 0 Å². The van der Waals surface area contributed by atoms with Crippen molar-refractivity contribution >= 4 is 21.9 Å². The summed E-state index contributed by atoms with van der Waals surface area (Å²) in [6, 6.07) is 11.2. The van der Waals surface area contributed by atoms with Crippen molar-refractivity contribution in [3.8, 4) is 0 Å². The van der Waals surface area contributed by atoms with Crippen LogP contribution in [0.25, 0.3) is 6.08 Å². The Kier molecular flexibility index (Phi) is 5.78. The average molecular weight is 358 g/mol. The van der Waals surface area contributed by atoms with E-state index in [-0.39, 0.29) is 6.54 Å². The molecule has 1 aromatic heterocycles. The molecule has 0 aliphatic carbocycles. The zero-order valence-electron chi connectivity index (χ0n) is 14.0. The van der Waals surface area contributed by atoms with Crippen LogP contribution in [0, 0.1) is 0 Å². The molecule has 2 heterocycles. The molecule has 25 heavy (non-hydrogen) atoms. The van der Waals surface area contributed by atoms with Crippen LogP contribution < -0.4 is 9.62 Å². The topological polar surface area (TPSA) is 75.2 Å². The first-order valence-corrected chi connectivity index (χ1v) is 9.97. The van der Waals surface area contributed by atoms with Gasteiger partial charge in [-0.2, -0.15) is 0 Å². The summed E-state index contributed by atoms with van der Waals surface area (Å²) in [6.07, 6.45) is 6.82. The van der Waals surface area contributed by atoms with E-state index in [2.05, 4.69) is 19.6 Å². The number of hydrogen-bond donors (Lipinski definition) is 1. The minimum atomic E-state index is -3.54. The average Bonchev–Trinajstić information content (AvgIpc) is 2.67. The van der Waals surface area contributed by atoms with E-state index in [1.165, 1.54) is 6.42 Å². The van der Waals surface area contributed by atoms with E-state index in [1.807, 2.05) is 36.4 Å². The van der Waals surface area contributed by atoms with Crippen molar-refractivity contribution in [2.24, 2.45) is 0 Å². The van der Waals surface area contributed by atoms with E-state index in [0.29, 0.717) is 5.82 Å². The number of anilines is 1. The predicted octanol–water partition coefficient (Wildman–Crippen LogP) is 2.56. The number of nitrogens with one attached hydrogen (secondary N) is 1. The van der Waals surface area contributed by atoms with E-state index in [4.69, 9.17) is 0 Å². The molecule has 6 nitrogen and oxygen atoms in total. The first-order valence-electron chi connectivity index (χ1n) is 8.42. The fourth-order valence-electron chi connectivity index (χ4n) is 2.72. The van der Waals surface area contributed by atoms with Crippen LogP contribution >= 0.6 is 0 Å². The number of sulfonamides is 1. The van der Waals surface area contributed by atoms with Crippen molar-refractivity contribution in [1.82, 2.24) is 14.7 Å². The number of aromatic nitrogens is 2. The van der Waals surface area contributed by atoms with Crippen molar-refractivity contribution < 1.29 is 8.42 Å². The fraction of sp³-hybridized carbons (Fsp3) is 0.333. The lowest BCUT2D eigenvalue weighted by atomic mass is 10.1. The Bertz CT molecular complexity index is 816. The second kappa shape index (κ2) is 8.22. The Morgan fingerprint density at radius 3 is 2.60 bits per heavy atom. The molecule has 0 saturated carbocycles. The third-order valence-electron chi connectivity index (χ3n) is 4.04. The van der Waals surface area contributed by atoms with Gasteiger partial charge >= 0.3 is 0 Å². The molecule has 1 saturated heterocycles. The smallest absolute Gasteiger partial charge is 0.234 e. The largest absolute Gasteiger partial charge is 0.357 e. The van der Waals surface area contributed by atoms with Crippen molar-refractivity contribution in [3.05, 3.63) is 59.4 Å². The van der Waals surface area contributed by atoms with Gasteiger partial charge in [0, 0.05) is 24.7 Å². The minimum absolute atomic E-state index is 0.0726. The third kappa shape index (κ3) is 5.37. The molecule has 2 aromatic rings. The summed E-state index contributed by atoms with van der Waals surface area (Å²) in [6.45, 7) is 2.05. The molecule has 1 aromatic carbocycles. The second-order valence-corrected chi connectivity index (χ2v) is 7.61. The van der Waals surface area contributed by atoms with E-state index in [9.17, 15) is 8.42 Å². The molecule has 1 aliphatic rings. The van der Waals surface area contributed by atoms with Crippen LogP contribution in [0.5, 0.6) is 0 Å². The number of rotatable bonds is 6. The molecular weight excluding hydrogens is 336 g/mol. The predicted molar refractivity (Wildman–Crippen MR) is 99.3 cm³/mol. The summed E-state index contributed by atoms with van der Waals surface area (Å²) >= 11 is 0. The van der Waals surface area contributed by atoms with Crippen LogP contribution in [0.2, 0.25) is 0 Å². The molecule has 3 rings (SSSR count). The Morgan fingerprint density at radius 1 is 1.08 bits per heavy atom. The monoisotopic (exact) mass is 358 g/mol. The van der Waals surface area contributed by atoms with Gasteiger partial charge in [-0.15, -0.1) is 0 Å². The summed E-state index contributed by atoms with van der Waals surface area (Å²) in [5.74, 6) is 1.34. The fourth-order valence-corrected chi connectivity index (χ4v) is 3.48. The first kappa shape index (κ1) is 17.6. The Morgan fingerprint density at radius 2 is 1.84 bits per heavy atom. The number of benzene rings is 1. The van der Waals surface area contributed by atoms with E-state index in [1.54, 1.807) is 12.3 Å². The Hall–Kier alpha value is -2.25. The summed E-state index contributed by atoms with van der Waals surface area (Å²) in [5.41, 5.74) is 0.830. The summed E-state index contributed by atoms with van der Waals surface area (Å²) in [4.78, 5) is 10.9. The Balaban J connectivity index is 1.61. The maximum Gasteiger partial charge on any atom is 0.234 e. The van der Waals surface area contributed by atoms with Gasteiger partial charge in [0.05, 0.1) is 6.54 Å². The lowest BCUT2D eigenvalue weighted by molar-refractivity contribution is 0.570. The molecule has 0 atom stereocenters. The van der Waals surface area contributed by atoms with Crippen molar-refractivity contribution in [2.45, 2.75) is 25.8 Å². The van der Waals surface area contributed by atoms with Crippen LogP contribution in [-0.4, -0.2) is 31.5 Å². The maximum atomic E-state index is 12.1. The van der Waals surface area contributed by atoms with Gasteiger partial charge in [0.15, 0.2) is 0 Å². The van der Waals surface area contributed by atoms with Crippen LogP contribution in [0.4, 0.5) is 5.82 Å². The zero-order valence-corrected chi connectivity index (χ0v) is 14.8. The highest BCUT2D eigenvalue weighted by molar-refractivity contribution is 7.92. The first-order chi connectivity index (χ1) is 12.1. The quantitative estimate of drug-likeness (QED) is 0.859. The van der Waals surface area contributed by atoms with Gasteiger partial charge in [-0.3, -0.25) is 0 Å². The van der Waals surface area contributed by atoms with Gasteiger partial charge in [-0.1, -0.05) is 30.3 Å². The van der Waals surface area contributed by atoms with E-state index >= 15 is 0 Å². The molecule has 0 unspecified atom stereocenters. The molecule has 132 valence electrons. The van der Waals surface area contributed by atoms with Crippen LogP contribution in [-0.2, 0) is 16.6 Å². The maximum absolute atomic E-state index is 12.1. The Labute approximate surface area is 148 Å². The number of hydrogen-bond acceptors (Lipinski definition) is 5. The molecule has 0 amide bonds. The minimum Gasteiger partial charge on any atom is -0.357 e. The highest BCUT2D eigenvalue weighted by Gasteiger charge is 2.13. The van der Waals surface area contributed by atoms with Gasteiger partial charge in [-0.05, 0) is 37.0 Å². The summed E-state index contributed by atoms with van der Waals surface area (Å²) in [7, 11) is -3.54. The normalized spacial score (nSPS) is 15.6. The summed E-state index contributed by atoms with van der Waals surface area (Å²) in [5, 5.41) is 1.16. The highest BCUT2D eigenvalue weighted by Crippen LogP contribution is 2.16. The molecule has 1 N–H and O–H groups in total. The lowest BCUT2D eigenvalue weighted by Gasteiger charge is -2.27. The van der Waals surface area contributed by atoms with E-state index < -0.39 is 10.0 Å². The molecule has 1 aliphatic heterocycles. The molecule has 0 bridgehead atoms. The van der Waals surface area contributed by atoms with Crippen LogP contribution in [0.1, 0.15) is 30.7 Å². The van der Waals surface area contributed by atoms with Crippen LogP contribution in [0.15, 0.2) is 48.0 Å². The standard InChI is InChI=1S/C18H22N4O2S/c23-25(24,14-10-16-7-3-1-4-8-16)20-15-17-19-11-9-18(21-17)22-12-5-2-6-13-22/h1,3-4,7-11,14,20H,2,5-6,12-13,15H2/b14-10+. The SMILES string of the molecule is O=S(=O)(/C=C/c1ccccc1)NCc1nccc(N2CCCCC2)n1. The third-order valence-corrected chi connectivity index (χ3v) is 5.08. The van der Waals surface area contributed by atoms with Crippen LogP contribution in [0.3, 0.4) is 0 Å². The second-order valence-electron chi connectivity index (χ2n) is 5.96. The van der Waals surface area contributed by atoms with Gasteiger partial charge in [-0.25, -0.2) is 23.1 Å². The van der Waals surface area contributed by atoms with E-state index in [0.717, 1.165) is 42.7 Å². The van der Waals surface area contributed by atoms with Crippen molar-refractivity contribution in [2.75, 3.05) is 18.0 Å². The van der Waals surface area contributed by atoms with Crippen molar-refractivity contribution in [3.63, 3.8) is 0 Å². The molecule has 0 radical (unpaired) electrons. The molecule has 0 spiro atoms. The van der Waals surface area contributed by atoms with Gasteiger partial charge in [0.2, 0.25) is 10.0 Å². The molecular formula is C18H22N4O2S. The van der Waals surface area contributed by atoms with Gasteiger partial charge in [0.1, 0.15) is 11.6 Å². The zero-order chi connectivity index (χ0) is 17.5. The summed E-state index contributed by atoms with van der Waals surface area (Å²) < 4.78 is 26.7. The molecule has 7 heteroatoms.